The normalized spacial score (nSPS) is 23.9. The summed E-state index contributed by atoms with van der Waals surface area (Å²) in [4.78, 5) is 2.36. The highest BCUT2D eigenvalue weighted by Crippen LogP contribution is 2.34. The first kappa shape index (κ1) is 15.1. The zero-order valence-corrected chi connectivity index (χ0v) is 13.1. The smallest absolute Gasteiger partial charge is 0.238 e. The molecular weight excluding hydrogens is 274 g/mol. The fraction of sp³-hybridized carbons (Fsp3) is 0.571. The van der Waals surface area contributed by atoms with Crippen molar-refractivity contribution in [2.75, 3.05) is 17.2 Å². The molecule has 2 unspecified atom stereocenters. The van der Waals surface area contributed by atoms with Crippen LogP contribution in [0, 0.1) is 12.8 Å². The van der Waals surface area contributed by atoms with Crippen LogP contribution in [0.3, 0.4) is 0 Å². The molecule has 1 aliphatic rings. The van der Waals surface area contributed by atoms with E-state index >= 15 is 0 Å². The lowest BCUT2D eigenvalue weighted by Gasteiger charge is -2.39. The highest BCUT2D eigenvalue weighted by atomic mass is 32.2. The van der Waals surface area contributed by atoms with Gasteiger partial charge < -0.3 is 10.6 Å². The van der Waals surface area contributed by atoms with Crippen molar-refractivity contribution < 1.29 is 8.42 Å². The number of primary sulfonamides is 1. The predicted octanol–water partition coefficient (Wildman–Crippen LogP) is 1.85. The van der Waals surface area contributed by atoms with E-state index in [1.807, 2.05) is 6.07 Å². The molecular formula is C14H23N3O2S. The highest BCUT2D eigenvalue weighted by Gasteiger charge is 2.26. The Balaban J connectivity index is 2.50. The molecule has 5 nitrogen and oxygen atoms in total. The van der Waals surface area contributed by atoms with Crippen LogP contribution in [-0.4, -0.2) is 21.0 Å². The van der Waals surface area contributed by atoms with Crippen LogP contribution in [0.1, 0.15) is 32.3 Å². The van der Waals surface area contributed by atoms with Gasteiger partial charge in [0.25, 0.3) is 0 Å². The SMILES string of the molecule is Cc1c(N2CCC(C)CC2C)cc(N)cc1S(N)(=O)=O. The van der Waals surface area contributed by atoms with Crippen molar-refractivity contribution in [2.24, 2.45) is 11.1 Å². The standard InChI is InChI=1S/C14H23N3O2S/c1-9-4-5-17(10(2)6-9)13-7-12(15)8-14(11(13)3)20(16,18)19/h7-10H,4-6,15H2,1-3H3,(H2,16,18,19). The lowest BCUT2D eigenvalue weighted by Crippen LogP contribution is -2.40. The lowest BCUT2D eigenvalue weighted by atomic mass is 9.92. The minimum absolute atomic E-state index is 0.123. The van der Waals surface area contributed by atoms with Crippen molar-refractivity contribution in [3.05, 3.63) is 17.7 Å². The third-order valence-electron chi connectivity index (χ3n) is 4.11. The number of anilines is 2. The number of nitrogens with zero attached hydrogens (tertiary/aromatic N) is 1. The quantitative estimate of drug-likeness (QED) is 0.815. The number of nitrogens with two attached hydrogens (primary N) is 2. The van der Waals surface area contributed by atoms with Gasteiger partial charge in [0.15, 0.2) is 0 Å². The van der Waals surface area contributed by atoms with Crippen molar-refractivity contribution in [3.8, 4) is 0 Å². The molecule has 2 rings (SSSR count). The summed E-state index contributed by atoms with van der Waals surface area (Å²) >= 11 is 0. The molecule has 1 saturated heterocycles. The lowest BCUT2D eigenvalue weighted by molar-refractivity contribution is 0.377. The molecule has 0 spiro atoms. The molecule has 0 bridgehead atoms. The summed E-state index contributed by atoms with van der Waals surface area (Å²) in [5.74, 6) is 0.695. The number of sulfonamides is 1. The average Bonchev–Trinajstić information content (AvgIpc) is 2.31. The van der Waals surface area contributed by atoms with Crippen molar-refractivity contribution in [3.63, 3.8) is 0 Å². The molecule has 0 aliphatic carbocycles. The summed E-state index contributed by atoms with van der Waals surface area (Å²) in [6.45, 7) is 7.11. The summed E-state index contributed by atoms with van der Waals surface area (Å²) < 4.78 is 23.4. The largest absolute Gasteiger partial charge is 0.399 e. The van der Waals surface area contributed by atoms with E-state index in [0.717, 1.165) is 25.1 Å². The van der Waals surface area contributed by atoms with Gasteiger partial charge >= 0.3 is 0 Å². The van der Waals surface area contributed by atoms with E-state index < -0.39 is 10.0 Å². The maximum Gasteiger partial charge on any atom is 0.238 e. The van der Waals surface area contributed by atoms with Gasteiger partial charge in [0.2, 0.25) is 10.0 Å². The zero-order valence-electron chi connectivity index (χ0n) is 12.3. The van der Waals surface area contributed by atoms with Gasteiger partial charge in [0, 0.05) is 24.0 Å². The third-order valence-corrected chi connectivity index (χ3v) is 5.15. The van der Waals surface area contributed by atoms with Crippen molar-refractivity contribution in [1.82, 2.24) is 0 Å². The first-order valence-electron chi connectivity index (χ1n) is 6.89. The molecule has 1 heterocycles. The van der Waals surface area contributed by atoms with Crippen LogP contribution in [0.2, 0.25) is 0 Å². The van der Waals surface area contributed by atoms with E-state index in [9.17, 15) is 8.42 Å². The average molecular weight is 297 g/mol. The summed E-state index contributed by atoms with van der Waals surface area (Å²) in [6.07, 6.45) is 2.20. The maximum absolute atomic E-state index is 11.7. The second-order valence-electron chi connectivity index (χ2n) is 5.88. The first-order chi connectivity index (χ1) is 9.20. The van der Waals surface area contributed by atoms with Crippen molar-refractivity contribution >= 4 is 21.4 Å². The molecule has 2 atom stereocenters. The molecule has 6 heteroatoms. The van der Waals surface area contributed by atoms with Crippen molar-refractivity contribution in [2.45, 2.75) is 44.6 Å². The third kappa shape index (κ3) is 2.91. The fourth-order valence-corrected chi connectivity index (χ4v) is 3.88. The van der Waals surface area contributed by atoms with E-state index in [2.05, 4.69) is 18.7 Å². The van der Waals surface area contributed by atoms with Crippen LogP contribution in [0.15, 0.2) is 17.0 Å². The van der Waals surface area contributed by atoms with E-state index in [-0.39, 0.29) is 4.90 Å². The zero-order chi connectivity index (χ0) is 15.1. The Kier molecular flexibility index (Phi) is 3.97. The van der Waals surface area contributed by atoms with Crippen LogP contribution < -0.4 is 15.8 Å². The van der Waals surface area contributed by atoms with Gasteiger partial charge in [-0.25, -0.2) is 13.6 Å². The van der Waals surface area contributed by atoms with Gasteiger partial charge in [0.05, 0.1) is 4.90 Å². The van der Waals surface area contributed by atoms with E-state index in [0.29, 0.717) is 23.2 Å². The van der Waals surface area contributed by atoms with E-state index in [1.165, 1.54) is 6.07 Å². The Bertz CT molecular complexity index is 613. The number of nitrogen functional groups attached to an aromatic ring is 1. The van der Waals surface area contributed by atoms with Gasteiger partial charge in [0.1, 0.15) is 0 Å². The number of benzene rings is 1. The molecule has 1 fully saturated rings. The predicted molar refractivity (Wildman–Crippen MR) is 82.2 cm³/mol. The Labute approximate surface area is 121 Å². The van der Waals surface area contributed by atoms with Crippen LogP contribution >= 0.6 is 0 Å². The monoisotopic (exact) mass is 297 g/mol. The molecule has 20 heavy (non-hydrogen) atoms. The minimum Gasteiger partial charge on any atom is -0.399 e. The Hall–Kier alpha value is -1.27. The Morgan fingerprint density at radius 1 is 1.30 bits per heavy atom. The van der Waals surface area contributed by atoms with Crippen molar-refractivity contribution in [1.29, 1.82) is 0 Å². The van der Waals surface area contributed by atoms with Gasteiger partial charge in [-0.05, 0) is 50.3 Å². The fourth-order valence-electron chi connectivity index (χ4n) is 3.05. The van der Waals surface area contributed by atoms with Crippen LogP contribution in [0.5, 0.6) is 0 Å². The molecule has 0 radical (unpaired) electrons. The van der Waals surface area contributed by atoms with Gasteiger partial charge in [-0.15, -0.1) is 0 Å². The van der Waals surface area contributed by atoms with Gasteiger partial charge in [-0.3, -0.25) is 0 Å². The van der Waals surface area contributed by atoms with E-state index in [4.69, 9.17) is 10.9 Å². The highest BCUT2D eigenvalue weighted by molar-refractivity contribution is 7.89. The summed E-state index contributed by atoms with van der Waals surface area (Å²) in [5.41, 5.74) is 7.85. The van der Waals surface area contributed by atoms with Gasteiger partial charge in [-0.1, -0.05) is 6.92 Å². The molecule has 112 valence electrons. The van der Waals surface area contributed by atoms with Crippen LogP contribution in [0.25, 0.3) is 0 Å². The second-order valence-corrected chi connectivity index (χ2v) is 7.41. The first-order valence-corrected chi connectivity index (χ1v) is 8.44. The second kappa shape index (κ2) is 5.26. The van der Waals surface area contributed by atoms with Gasteiger partial charge in [-0.2, -0.15) is 0 Å². The maximum atomic E-state index is 11.7. The molecule has 0 saturated carbocycles. The summed E-state index contributed by atoms with van der Waals surface area (Å²) in [7, 11) is -3.75. The Morgan fingerprint density at radius 3 is 2.50 bits per heavy atom. The van der Waals surface area contributed by atoms with E-state index in [1.54, 1.807) is 6.92 Å². The summed E-state index contributed by atoms with van der Waals surface area (Å²) in [5, 5.41) is 5.28. The topological polar surface area (TPSA) is 89.4 Å². The molecule has 4 N–H and O–H groups in total. The molecule has 1 aromatic rings. The molecule has 0 amide bonds. The molecule has 1 aromatic carbocycles. The van der Waals surface area contributed by atoms with Crippen LogP contribution in [0.4, 0.5) is 11.4 Å². The minimum atomic E-state index is -3.75. The Morgan fingerprint density at radius 2 is 1.95 bits per heavy atom. The summed E-state index contributed by atoms with van der Waals surface area (Å²) in [6, 6.07) is 3.65. The number of rotatable bonds is 2. The number of hydrogen-bond acceptors (Lipinski definition) is 4. The molecule has 0 aromatic heterocycles. The molecule has 1 aliphatic heterocycles. The van der Waals surface area contributed by atoms with Crippen LogP contribution in [-0.2, 0) is 10.0 Å². The number of hydrogen-bond donors (Lipinski definition) is 2. The number of piperidine rings is 1.